The predicted octanol–water partition coefficient (Wildman–Crippen LogP) is 2.70. The van der Waals surface area contributed by atoms with Gasteiger partial charge in [-0.15, -0.1) is 0 Å². The number of carbonyl (C=O) groups excluding carboxylic acids is 1. The van der Waals surface area contributed by atoms with E-state index in [1.165, 1.54) is 24.3 Å². The zero-order valence-electron chi connectivity index (χ0n) is 19.3. The van der Waals surface area contributed by atoms with Gasteiger partial charge < -0.3 is 15.0 Å². The van der Waals surface area contributed by atoms with Gasteiger partial charge in [-0.25, -0.2) is 18.1 Å². The van der Waals surface area contributed by atoms with Gasteiger partial charge in [0.15, 0.2) is 0 Å². The molecule has 2 aromatic rings. The Kier molecular flexibility index (Phi) is 7.22. The topological polar surface area (TPSA) is 101 Å². The van der Waals surface area contributed by atoms with Crippen LogP contribution in [0.4, 0.5) is 5.82 Å². The van der Waals surface area contributed by atoms with Crippen LogP contribution < -0.4 is 14.9 Å². The third-order valence-electron chi connectivity index (χ3n) is 4.87. The van der Waals surface area contributed by atoms with E-state index >= 15 is 0 Å². The van der Waals surface area contributed by atoms with Crippen molar-refractivity contribution in [1.29, 1.82) is 0 Å². The van der Waals surface area contributed by atoms with E-state index in [2.05, 4.69) is 33.8 Å². The Morgan fingerprint density at radius 1 is 1.09 bits per heavy atom. The molecule has 0 bridgehead atoms. The van der Waals surface area contributed by atoms with Gasteiger partial charge in [0.05, 0.1) is 17.1 Å². The minimum atomic E-state index is -3.64. The van der Waals surface area contributed by atoms with Crippen molar-refractivity contribution in [3.8, 4) is 0 Å². The minimum absolute atomic E-state index is 0.121. The van der Waals surface area contributed by atoms with Gasteiger partial charge in [0.25, 0.3) is 5.91 Å². The minimum Gasteiger partial charge on any atom is -0.372 e. The molecule has 1 aliphatic heterocycles. The van der Waals surface area contributed by atoms with Crippen LogP contribution >= 0.6 is 0 Å². The number of carbonyl (C=O) groups is 1. The first-order valence-electron chi connectivity index (χ1n) is 10.7. The molecule has 8 nitrogen and oxygen atoms in total. The summed E-state index contributed by atoms with van der Waals surface area (Å²) in [7, 11) is -3.64. The van der Waals surface area contributed by atoms with Crippen molar-refractivity contribution < 1.29 is 17.9 Å². The summed E-state index contributed by atoms with van der Waals surface area (Å²) in [6.07, 6.45) is 2.07. The number of nitrogens with one attached hydrogen (secondary N) is 2. The summed E-state index contributed by atoms with van der Waals surface area (Å²) in [6.45, 7) is 11.3. The number of ether oxygens (including phenoxy) is 1. The molecular formula is C23H32N4O4S. The average Bonchev–Trinajstić information content (AvgIpc) is 2.70. The van der Waals surface area contributed by atoms with E-state index in [0.717, 1.165) is 24.5 Å². The molecule has 1 amide bonds. The highest BCUT2D eigenvalue weighted by Crippen LogP contribution is 2.18. The van der Waals surface area contributed by atoms with E-state index in [1.807, 2.05) is 12.1 Å². The fourth-order valence-corrected chi connectivity index (χ4v) is 5.02. The maximum absolute atomic E-state index is 12.5. The van der Waals surface area contributed by atoms with E-state index in [4.69, 9.17) is 4.74 Å². The number of aromatic nitrogens is 1. The summed E-state index contributed by atoms with van der Waals surface area (Å²) in [6, 6.07) is 9.78. The van der Waals surface area contributed by atoms with E-state index in [1.54, 1.807) is 27.0 Å². The van der Waals surface area contributed by atoms with Crippen LogP contribution in [0.3, 0.4) is 0 Å². The van der Waals surface area contributed by atoms with Gasteiger partial charge in [-0.1, -0.05) is 6.07 Å². The molecule has 2 heterocycles. The molecule has 0 radical (unpaired) electrons. The molecular weight excluding hydrogens is 428 g/mol. The third-order valence-corrected chi connectivity index (χ3v) is 6.65. The molecule has 1 saturated heterocycles. The Morgan fingerprint density at radius 2 is 1.72 bits per heavy atom. The van der Waals surface area contributed by atoms with Gasteiger partial charge in [-0.2, -0.15) is 0 Å². The van der Waals surface area contributed by atoms with Crippen molar-refractivity contribution in [3.05, 3.63) is 53.7 Å². The standard InChI is InChI=1S/C23H32N4O4S/c1-16-14-27(15-17(2)31-16)21-11-6-18(12-24-21)13-25-22(28)19-7-9-20(10-8-19)32(29,30)26-23(3,4)5/h6-12,16-17,26H,13-15H2,1-5H3,(H,25,28). The van der Waals surface area contributed by atoms with Crippen LogP contribution in [0.25, 0.3) is 0 Å². The summed E-state index contributed by atoms with van der Waals surface area (Å²) in [5, 5.41) is 2.85. The second-order valence-corrected chi connectivity index (χ2v) is 10.9. The van der Waals surface area contributed by atoms with E-state index in [0.29, 0.717) is 12.1 Å². The zero-order chi connectivity index (χ0) is 23.5. The van der Waals surface area contributed by atoms with Crippen LogP contribution in [0.15, 0.2) is 47.5 Å². The number of rotatable bonds is 6. The molecule has 2 atom stereocenters. The monoisotopic (exact) mass is 460 g/mol. The normalized spacial score (nSPS) is 19.6. The Labute approximate surface area is 190 Å². The number of hydrogen-bond acceptors (Lipinski definition) is 6. The molecule has 0 spiro atoms. The second kappa shape index (κ2) is 9.56. The molecule has 1 aromatic carbocycles. The van der Waals surface area contributed by atoms with Gasteiger partial charge in [0.1, 0.15) is 5.82 Å². The van der Waals surface area contributed by atoms with E-state index < -0.39 is 15.6 Å². The average molecular weight is 461 g/mol. The molecule has 0 aliphatic carbocycles. The molecule has 2 unspecified atom stereocenters. The van der Waals surface area contributed by atoms with E-state index in [-0.39, 0.29) is 23.0 Å². The van der Waals surface area contributed by atoms with Crippen molar-refractivity contribution in [3.63, 3.8) is 0 Å². The predicted molar refractivity (Wildman–Crippen MR) is 124 cm³/mol. The molecule has 1 fully saturated rings. The summed E-state index contributed by atoms with van der Waals surface area (Å²) in [5.41, 5.74) is 0.683. The van der Waals surface area contributed by atoms with E-state index in [9.17, 15) is 13.2 Å². The SMILES string of the molecule is CC1CN(c2ccc(CNC(=O)c3ccc(S(=O)(=O)NC(C)(C)C)cc3)cn2)CC(C)O1. The lowest BCUT2D eigenvalue weighted by molar-refractivity contribution is -0.00546. The highest BCUT2D eigenvalue weighted by atomic mass is 32.2. The number of anilines is 1. The van der Waals surface area contributed by atoms with Crippen LogP contribution in [0, 0.1) is 0 Å². The number of morpholine rings is 1. The fourth-order valence-electron chi connectivity index (χ4n) is 3.61. The maximum atomic E-state index is 12.5. The molecule has 9 heteroatoms. The van der Waals surface area contributed by atoms with Crippen LogP contribution in [-0.4, -0.2) is 50.1 Å². The van der Waals surface area contributed by atoms with Crippen LogP contribution in [-0.2, 0) is 21.3 Å². The lowest BCUT2D eigenvalue weighted by atomic mass is 10.1. The summed E-state index contributed by atoms with van der Waals surface area (Å²) >= 11 is 0. The Balaban J connectivity index is 1.57. The lowest BCUT2D eigenvalue weighted by Crippen LogP contribution is -2.45. The summed E-state index contributed by atoms with van der Waals surface area (Å²) < 4.78 is 33.1. The van der Waals surface area contributed by atoms with Crippen molar-refractivity contribution in [1.82, 2.24) is 15.0 Å². The molecule has 2 N–H and O–H groups in total. The lowest BCUT2D eigenvalue weighted by Gasteiger charge is -2.36. The third kappa shape index (κ3) is 6.51. The van der Waals surface area contributed by atoms with Gasteiger partial charge in [0.2, 0.25) is 10.0 Å². The van der Waals surface area contributed by atoms with Gasteiger partial charge in [-0.05, 0) is 70.5 Å². The molecule has 1 aliphatic rings. The largest absolute Gasteiger partial charge is 0.372 e. The molecule has 174 valence electrons. The fraction of sp³-hybridized carbons (Fsp3) is 0.478. The quantitative estimate of drug-likeness (QED) is 0.688. The zero-order valence-corrected chi connectivity index (χ0v) is 20.1. The molecule has 3 rings (SSSR count). The highest BCUT2D eigenvalue weighted by Gasteiger charge is 2.23. The number of nitrogens with zero attached hydrogens (tertiary/aromatic N) is 2. The number of pyridine rings is 1. The smallest absolute Gasteiger partial charge is 0.251 e. The summed E-state index contributed by atoms with van der Waals surface area (Å²) in [5.74, 6) is 0.611. The number of benzene rings is 1. The molecule has 32 heavy (non-hydrogen) atoms. The Hall–Kier alpha value is -2.49. The molecule has 1 aromatic heterocycles. The number of sulfonamides is 1. The first kappa shape index (κ1) is 24.2. The van der Waals surface area contributed by atoms with Gasteiger partial charge in [-0.3, -0.25) is 4.79 Å². The Morgan fingerprint density at radius 3 is 2.25 bits per heavy atom. The summed E-state index contributed by atoms with van der Waals surface area (Å²) in [4.78, 5) is 19.3. The second-order valence-electron chi connectivity index (χ2n) is 9.25. The van der Waals surface area contributed by atoms with Crippen molar-refractivity contribution in [2.45, 2.75) is 63.8 Å². The first-order valence-corrected chi connectivity index (χ1v) is 12.2. The number of hydrogen-bond donors (Lipinski definition) is 2. The van der Waals surface area contributed by atoms with Crippen molar-refractivity contribution in [2.75, 3.05) is 18.0 Å². The van der Waals surface area contributed by atoms with Gasteiger partial charge >= 0.3 is 0 Å². The first-order chi connectivity index (χ1) is 14.9. The van der Waals surface area contributed by atoms with Crippen LogP contribution in [0.1, 0.15) is 50.5 Å². The Bertz CT molecular complexity index is 1020. The van der Waals surface area contributed by atoms with Gasteiger partial charge in [0, 0.05) is 36.9 Å². The maximum Gasteiger partial charge on any atom is 0.251 e. The van der Waals surface area contributed by atoms with Crippen molar-refractivity contribution >= 4 is 21.7 Å². The highest BCUT2D eigenvalue weighted by molar-refractivity contribution is 7.89. The van der Waals surface area contributed by atoms with Crippen LogP contribution in [0.2, 0.25) is 0 Å². The van der Waals surface area contributed by atoms with Crippen molar-refractivity contribution in [2.24, 2.45) is 0 Å². The number of amides is 1. The molecule has 0 saturated carbocycles. The van der Waals surface area contributed by atoms with Crippen LogP contribution in [0.5, 0.6) is 0 Å².